The summed E-state index contributed by atoms with van der Waals surface area (Å²) in [5.41, 5.74) is 7.22. The first-order valence-electron chi connectivity index (χ1n) is 19.3. The number of nitrogens with zero attached hydrogens (tertiary/aromatic N) is 5. The van der Waals surface area contributed by atoms with E-state index >= 15 is 0 Å². The van der Waals surface area contributed by atoms with Crippen LogP contribution in [-0.2, 0) is 25.2 Å². The van der Waals surface area contributed by atoms with Crippen LogP contribution in [0.25, 0.3) is 0 Å². The Morgan fingerprint density at radius 2 is 1.40 bits per heavy atom. The molecular formula is C43H51N7O3. The van der Waals surface area contributed by atoms with Crippen molar-refractivity contribution >= 4 is 29.1 Å². The Hall–Kier alpha value is -4.93. The summed E-state index contributed by atoms with van der Waals surface area (Å²) < 4.78 is 2.21. The predicted octanol–water partition coefficient (Wildman–Crippen LogP) is 5.94. The summed E-state index contributed by atoms with van der Waals surface area (Å²) in [7, 11) is 3.54. The Morgan fingerprint density at radius 1 is 0.717 bits per heavy atom. The molecule has 3 aromatic carbocycles. The van der Waals surface area contributed by atoms with Gasteiger partial charge in [-0.2, -0.15) is 0 Å². The maximum Gasteiger partial charge on any atom is 0.268 e. The van der Waals surface area contributed by atoms with Crippen molar-refractivity contribution in [3.63, 3.8) is 0 Å². The molecule has 2 saturated carbocycles. The molecule has 1 aromatic heterocycles. The third-order valence-electron chi connectivity index (χ3n) is 12.1. The van der Waals surface area contributed by atoms with Crippen LogP contribution in [0.15, 0.2) is 84.9 Å². The smallest absolute Gasteiger partial charge is 0.268 e. The molecule has 3 heterocycles. The Morgan fingerprint density at radius 3 is 2.02 bits per heavy atom. The van der Waals surface area contributed by atoms with Gasteiger partial charge in [-0.15, -0.1) is 0 Å². The maximum absolute atomic E-state index is 13.5. The summed E-state index contributed by atoms with van der Waals surface area (Å²) in [6.45, 7) is 7.10. The minimum Gasteiger partial charge on any atom is -0.369 e. The molecule has 0 bridgehead atoms. The molecule has 1 saturated heterocycles. The van der Waals surface area contributed by atoms with Gasteiger partial charge in [0.15, 0.2) is 0 Å². The summed E-state index contributed by atoms with van der Waals surface area (Å²) in [6, 6.07) is 28.5. The standard InChI is InChI=1S/C43H51N7O3/c1-46(2)42(53)34-11-7-32(8-12-34)30-49-27-28-50-38(19-20-39(50)43(49)21-4-22-43)41(52)44-29-31-9-15-35(16-10-31)45-40(51)33-13-17-37(18-14-33)48-25-23-47(24-26-48)36-5-3-6-36/h7-20,36H,3-6,21-30H2,1-2H3,(H,44,52)(H,45,51). The van der Waals surface area contributed by atoms with E-state index in [-0.39, 0.29) is 23.3 Å². The van der Waals surface area contributed by atoms with Crippen LogP contribution in [0.1, 0.15) is 86.6 Å². The van der Waals surface area contributed by atoms with E-state index in [1.54, 1.807) is 19.0 Å². The van der Waals surface area contributed by atoms with Gasteiger partial charge in [0.1, 0.15) is 5.69 Å². The summed E-state index contributed by atoms with van der Waals surface area (Å²) in [5, 5.41) is 6.14. The zero-order valence-corrected chi connectivity index (χ0v) is 31.0. The second-order valence-electron chi connectivity index (χ2n) is 15.4. The first kappa shape index (κ1) is 35.1. The summed E-state index contributed by atoms with van der Waals surface area (Å²) in [6.07, 6.45) is 7.38. The first-order valence-corrected chi connectivity index (χ1v) is 19.3. The maximum atomic E-state index is 13.5. The van der Waals surface area contributed by atoms with E-state index in [1.165, 1.54) is 42.6 Å². The minimum absolute atomic E-state index is 0.00889. The van der Waals surface area contributed by atoms with Gasteiger partial charge >= 0.3 is 0 Å². The number of benzene rings is 3. The number of hydrogen-bond donors (Lipinski definition) is 2. The number of aromatic nitrogens is 1. The van der Waals surface area contributed by atoms with Gasteiger partial charge in [-0.3, -0.25) is 24.2 Å². The number of carbonyl (C=O) groups is 3. The van der Waals surface area contributed by atoms with Gasteiger partial charge in [0.2, 0.25) is 0 Å². The molecule has 3 amide bonds. The fourth-order valence-electron chi connectivity index (χ4n) is 8.56. The van der Waals surface area contributed by atoms with Gasteiger partial charge < -0.3 is 25.0 Å². The highest BCUT2D eigenvalue weighted by Crippen LogP contribution is 2.49. The Bertz CT molecular complexity index is 1930. The van der Waals surface area contributed by atoms with E-state index in [2.05, 4.69) is 60.2 Å². The van der Waals surface area contributed by atoms with Crippen LogP contribution >= 0.6 is 0 Å². The quantitative estimate of drug-likeness (QED) is 0.212. The number of hydrogen-bond acceptors (Lipinski definition) is 6. The Kier molecular flexibility index (Phi) is 9.83. The van der Waals surface area contributed by atoms with E-state index in [0.29, 0.717) is 23.4 Å². The second-order valence-corrected chi connectivity index (χ2v) is 15.4. The van der Waals surface area contributed by atoms with Crippen molar-refractivity contribution in [1.29, 1.82) is 0 Å². The molecule has 0 radical (unpaired) electrons. The van der Waals surface area contributed by atoms with Crippen LogP contribution < -0.4 is 15.5 Å². The molecule has 2 aliphatic carbocycles. The van der Waals surface area contributed by atoms with E-state index in [1.807, 2.05) is 54.6 Å². The van der Waals surface area contributed by atoms with Gasteiger partial charge in [-0.25, -0.2) is 0 Å². The lowest BCUT2D eigenvalue weighted by Crippen LogP contribution is -2.56. The lowest BCUT2D eigenvalue weighted by molar-refractivity contribution is -0.0217. The Balaban J connectivity index is 0.834. The number of nitrogens with one attached hydrogen (secondary N) is 2. The molecule has 10 nitrogen and oxygen atoms in total. The normalized spacial score (nSPS) is 18.5. The molecule has 8 rings (SSSR count). The van der Waals surface area contributed by atoms with Crippen LogP contribution in [0.5, 0.6) is 0 Å². The highest BCUT2D eigenvalue weighted by atomic mass is 16.2. The van der Waals surface area contributed by atoms with E-state index < -0.39 is 0 Å². The zero-order valence-electron chi connectivity index (χ0n) is 31.0. The molecule has 4 aromatic rings. The molecule has 3 fully saturated rings. The third kappa shape index (κ3) is 7.10. The molecule has 2 N–H and O–H groups in total. The van der Waals surface area contributed by atoms with Crippen molar-refractivity contribution < 1.29 is 14.4 Å². The van der Waals surface area contributed by atoms with Crippen LogP contribution in [0.2, 0.25) is 0 Å². The number of amides is 3. The van der Waals surface area contributed by atoms with E-state index in [0.717, 1.165) is 75.9 Å². The van der Waals surface area contributed by atoms with Gasteiger partial charge in [0.05, 0.1) is 5.54 Å². The molecule has 2 aliphatic heterocycles. The van der Waals surface area contributed by atoms with Crippen LogP contribution in [0, 0.1) is 0 Å². The third-order valence-corrected chi connectivity index (χ3v) is 12.1. The average molecular weight is 714 g/mol. The summed E-state index contributed by atoms with van der Waals surface area (Å²) in [4.78, 5) is 48.1. The fraction of sp³-hybridized carbons (Fsp3) is 0.419. The monoisotopic (exact) mass is 713 g/mol. The first-order chi connectivity index (χ1) is 25.8. The van der Waals surface area contributed by atoms with Crippen LogP contribution in [-0.4, -0.2) is 89.8 Å². The molecule has 53 heavy (non-hydrogen) atoms. The van der Waals surface area contributed by atoms with Crippen molar-refractivity contribution in [3.8, 4) is 0 Å². The molecule has 4 aliphatic rings. The number of rotatable bonds is 10. The van der Waals surface area contributed by atoms with Gasteiger partial charge in [-0.1, -0.05) is 30.7 Å². The summed E-state index contributed by atoms with van der Waals surface area (Å²) >= 11 is 0. The summed E-state index contributed by atoms with van der Waals surface area (Å²) in [5.74, 6) is -0.210. The van der Waals surface area contributed by atoms with Crippen LogP contribution in [0.4, 0.5) is 11.4 Å². The van der Waals surface area contributed by atoms with Gasteiger partial charge in [0.25, 0.3) is 17.7 Å². The minimum atomic E-state index is -0.136. The molecule has 276 valence electrons. The predicted molar refractivity (Wildman–Crippen MR) is 208 cm³/mol. The average Bonchev–Trinajstić information content (AvgIpc) is 3.58. The van der Waals surface area contributed by atoms with Crippen molar-refractivity contribution in [3.05, 3.63) is 119 Å². The lowest BCUT2D eigenvalue weighted by atomic mass is 9.71. The van der Waals surface area contributed by atoms with Crippen LogP contribution in [0.3, 0.4) is 0 Å². The number of piperazine rings is 1. The fourth-order valence-corrected chi connectivity index (χ4v) is 8.56. The lowest BCUT2D eigenvalue weighted by Gasteiger charge is -2.53. The Labute approximate surface area is 312 Å². The number of anilines is 2. The van der Waals surface area contributed by atoms with Crippen molar-refractivity contribution in [1.82, 2.24) is 24.6 Å². The highest BCUT2D eigenvalue weighted by Gasteiger charge is 2.48. The molecule has 0 atom stereocenters. The zero-order chi connectivity index (χ0) is 36.5. The van der Waals surface area contributed by atoms with Gasteiger partial charge in [0, 0.05) is 101 Å². The van der Waals surface area contributed by atoms with Gasteiger partial charge in [-0.05, 0) is 104 Å². The van der Waals surface area contributed by atoms with E-state index in [9.17, 15) is 14.4 Å². The van der Waals surface area contributed by atoms with E-state index in [4.69, 9.17) is 0 Å². The second kappa shape index (κ2) is 14.8. The molecule has 0 unspecified atom stereocenters. The SMILES string of the molecule is CN(C)C(=O)c1ccc(CN2CCn3c(C(=O)NCc4ccc(NC(=O)c5ccc(N6CCN(C7CCC7)CC6)cc5)cc4)ccc3C23CCC3)cc1. The largest absolute Gasteiger partial charge is 0.369 e. The molecule has 10 heteroatoms. The van der Waals surface area contributed by atoms with Crippen molar-refractivity contribution in [2.45, 2.75) is 69.7 Å². The van der Waals surface area contributed by atoms with Crippen molar-refractivity contribution in [2.24, 2.45) is 0 Å². The highest BCUT2D eigenvalue weighted by molar-refractivity contribution is 6.04. The molecule has 1 spiro atoms. The molecular weight excluding hydrogens is 663 g/mol. The van der Waals surface area contributed by atoms with Crippen molar-refractivity contribution in [2.75, 3.05) is 57.0 Å². The topological polar surface area (TPSA) is 93.2 Å². The number of fused-ring (bicyclic) bond motifs is 2. The number of carbonyl (C=O) groups excluding carboxylic acids is 3.